The van der Waals surface area contributed by atoms with E-state index in [9.17, 15) is 17.2 Å². The van der Waals surface area contributed by atoms with E-state index >= 15 is 0 Å². The van der Waals surface area contributed by atoms with Gasteiger partial charge < -0.3 is 0 Å². The van der Waals surface area contributed by atoms with Gasteiger partial charge in [0.2, 0.25) is 10.9 Å². The van der Waals surface area contributed by atoms with Gasteiger partial charge in [-0.05, 0) is 6.42 Å². The number of alkyl halides is 2. The Labute approximate surface area is 86.2 Å². The van der Waals surface area contributed by atoms with Crippen molar-refractivity contribution in [2.24, 2.45) is 0 Å². The van der Waals surface area contributed by atoms with Gasteiger partial charge in [-0.25, -0.2) is 8.42 Å². The van der Waals surface area contributed by atoms with Crippen molar-refractivity contribution in [3.63, 3.8) is 0 Å². The summed E-state index contributed by atoms with van der Waals surface area (Å²) in [4.78, 5) is 0. The summed E-state index contributed by atoms with van der Waals surface area (Å²) < 4.78 is 50.8. The number of aryl methyl sites for hydroxylation is 1. The highest BCUT2D eigenvalue weighted by molar-refractivity contribution is 7.73. The molecule has 1 aromatic rings. The molecule has 0 amide bonds. The first-order valence-corrected chi connectivity index (χ1v) is 5.53. The van der Waals surface area contributed by atoms with Crippen LogP contribution in [-0.4, -0.2) is 18.2 Å². The highest BCUT2D eigenvalue weighted by Crippen LogP contribution is 2.40. The quantitative estimate of drug-likeness (QED) is 0.744. The molecule has 84 valence electrons. The third-order valence-electron chi connectivity index (χ3n) is 2.26. The van der Waals surface area contributed by atoms with Crippen LogP contribution in [0.15, 0.2) is 6.20 Å². The first kappa shape index (κ1) is 10.3. The number of hydrogen-bond acceptors (Lipinski definition) is 3. The lowest BCUT2D eigenvalue weighted by Gasteiger charge is -2.23. The molecule has 8 heteroatoms. The van der Waals surface area contributed by atoms with Crippen molar-refractivity contribution in [2.45, 2.75) is 25.3 Å². The fraction of sp³-hybridized carbons (Fsp3) is 0.571. The zero-order valence-corrected chi connectivity index (χ0v) is 8.51. The van der Waals surface area contributed by atoms with Gasteiger partial charge in [0.05, 0.1) is 11.9 Å². The molecule has 2 rings (SSSR count). The fourth-order valence-electron chi connectivity index (χ4n) is 1.69. The number of aromatic nitrogens is 2. The predicted octanol–water partition coefficient (Wildman–Crippen LogP) is 0.707. The fourth-order valence-corrected chi connectivity index (χ4v) is 2.05. The Morgan fingerprint density at radius 3 is 2.93 bits per heavy atom. The molecular formula is C7H9F2N3O2S. The summed E-state index contributed by atoms with van der Waals surface area (Å²) in [5.74, 6) is -3.01. The van der Waals surface area contributed by atoms with Gasteiger partial charge >= 0.3 is 0 Å². The average molecular weight is 237 g/mol. The highest BCUT2D eigenvalue weighted by Gasteiger charge is 2.40. The van der Waals surface area contributed by atoms with Gasteiger partial charge in [0, 0.05) is 13.0 Å². The van der Waals surface area contributed by atoms with Gasteiger partial charge in [-0.15, -0.1) is 0 Å². The predicted molar refractivity (Wildman–Crippen MR) is 49.3 cm³/mol. The Bertz CT molecular complexity index is 447. The maximum absolute atomic E-state index is 13.4. The molecule has 0 fully saturated rings. The van der Waals surface area contributed by atoms with E-state index in [1.807, 2.05) is 4.72 Å². The van der Waals surface area contributed by atoms with Crippen molar-refractivity contribution in [2.75, 3.05) is 4.72 Å². The average Bonchev–Trinajstić information content (AvgIpc) is 2.48. The molecule has 0 saturated heterocycles. The van der Waals surface area contributed by atoms with E-state index in [2.05, 4.69) is 5.10 Å². The molecule has 2 heterocycles. The first-order valence-electron chi connectivity index (χ1n) is 4.36. The van der Waals surface area contributed by atoms with Crippen LogP contribution in [0.2, 0.25) is 0 Å². The number of fused-ring (bicyclic) bond motifs is 1. The van der Waals surface area contributed by atoms with Gasteiger partial charge in [-0.3, -0.25) is 9.40 Å². The third-order valence-corrected chi connectivity index (χ3v) is 2.68. The zero-order valence-electron chi connectivity index (χ0n) is 7.61. The lowest BCUT2D eigenvalue weighted by Crippen LogP contribution is -2.26. The lowest BCUT2D eigenvalue weighted by atomic mass is 10.1. The van der Waals surface area contributed by atoms with Crippen molar-refractivity contribution < 1.29 is 17.2 Å². The molecule has 0 aliphatic carbocycles. The van der Waals surface area contributed by atoms with Crippen LogP contribution in [0.5, 0.6) is 0 Å². The standard InChI is InChI=1S/C7H9F2N3O2S/c8-7(9)2-1-3-12-6(7)5(4-10-12)11-15(13)14/h4,15H,1-3H2,(H,11,13,14). The van der Waals surface area contributed by atoms with Crippen LogP contribution in [0, 0.1) is 0 Å². The molecule has 0 unspecified atom stereocenters. The van der Waals surface area contributed by atoms with Crippen LogP contribution in [0.4, 0.5) is 14.5 Å². The number of anilines is 1. The SMILES string of the molecule is O=[SH](=O)Nc1cnn2c1C(F)(F)CCC2. The van der Waals surface area contributed by atoms with E-state index < -0.39 is 16.8 Å². The molecule has 1 aliphatic rings. The van der Waals surface area contributed by atoms with E-state index in [4.69, 9.17) is 0 Å². The Morgan fingerprint density at radius 2 is 2.27 bits per heavy atom. The zero-order chi connectivity index (χ0) is 11.1. The van der Waals surface area contributed by atoms with Crippen LogP contribution in [0.1, 0.15) is 18.5 Å². The van der Waals surface area contributed by atoms with Gasteiger partial charge in [0.1, 0.15) is 5.69 Å². The molecule has 0 aromatic carbocycles. The van der Waals surface area contributed by atoms with Crippen molar-refractivity contribution in [1.29, 1.82) is 0 Å². The smallest absolute Gasteiger partial charge is 0.282 e. The molecule has 0 saturated carbocycles. The molecule has 0 bridgehead atoms. The van der Waals surface area contributed by atoms with Crippen molar-refractivity contribution in [3.8, 4) is 0 Å². The topological polar surface area (TPSA) is 64.0 Å². The first-order chi connectivity index (χ1) is 7.00. The van der Waals surface area contributed by atoms with Crippen LogP contribution in [-0.2, 0) is 23.4 Å². The van der Waals surface area contributed by atoms with E-state index in [0.717, 1.165) is 10.9 Å². The van der Waals surface area contributed by atoms with E-state index in [-0.39, 0.29) is 17.8 Å². The normalized spacial score (nSPS) is 18.9. The number of halogens is 2. The largest absolute Gasteiger partial charge is 0.291 e. The van der Waals surface area contributed by atoms with E-state index in [1.165, 1.54) is 0 Å². The molecule has 0 spiro atoms. The number of thiol groups is 1. The van der Waals surface area contributed by atoms with Gasteiger partial charge in [0.15, 0.2) is 0 Å². The van der Waals surface area contributed by atoms with Crippen LogP contribution in [0.3, 0.4) is 0 Å². The molecule has 15 heavy (non-hydrogen) atoms. The Hall–Kier alpha value is -1.18. The van der Waals surface area contributed by atoms with Crippen LogP contribution < -0.4 is 4.72 Å². The summed E-state index contributed by atoms with van der Waals surface area (Å²) in [5.41, 5.74) is -0.469. The number of nitrogens with zero attached hydrogens (tertiary/aromatic N) is 2. The summed E-state index contributed by atoms with van der Waals surface area (Å²) in [5, 5.41) is 3.71. The lowest BCUT2D eigenvalue weighted by molar-refractivity contribution is -0.0356. The minimum absolute atomic E-state index is 0.129. The van der Waals surface area contributed by atoms with Crippen molar-refractivity contribution >= 4 is 16.6 Å². The minimum atomic E-state index is -3.01. The van der Waals surface area contributed by atoms with Gasteiger partial charge in [-0.2, -0.15) is 13.9 Å². The Kier molecular flexibility index (Phi) is 2.37. The Morgan fingerprint density at radius 1 is 1.53 bits per heavy atom. The molecule has 0 radical (unpaired) electrons. The minimum Gasteiger partial charge on any atom is -0.282 e. The molecule has 1 N–H and O–H groups in total. The Balaban J connectivity index is 2.47. The summed E-state index contributed by atoms with van der Waals surface area (Å²) in [6, 6.07) is 0. The van der Waals surface area contributed by atoms with Crippen LogP contribution in [0.25, 0.3) is 0 Å². The third kappa shape index (κ3) is 1.81. The molecule has 0 atom stereocenters. The highest BCUT2D eigenvalue weighted by atomic mass is 32.2. The molecule has 5 nitrogen and oxygen atoms in total. The van der Waals surface area contributed by atoms with Gasteiger partial charge in [-0.1, -0.05) is 0 Å². The summed E-state index contributed by atoms with van der Waals surface area (Å²) >= 11 is 0. The summed E-state index contributed by atoms with van der Waals surface area (Å²) in [6.07, 6.45) is 1.17. The number of rotatable bonds is 2. The second kappa shape index (κ2) is 3.44. The van der Waals surface area contributed by atoms with Crippen molar-refractivity contribution in [1.82, 2.24) is 9.78 Å². The van der Waals surface area contributed by atoms with Crippen molar-refractivity contribution in [3.05, 3.63) is 11.9 Å². The number of hydrogen-bond donors (Lipinski definition) is 2. The maximum Gasteiger partial charge on any atom is 0.291 e. The molecular weight excluding hydrogens is 228 g/mol. The molecule has 1 aromatic heterocycles. The van der Waals surface area contributed by atoms with E-state index in [1.54, 1.807) is 0 Å². The number of nitrogens with one attached hydrogen (secondary N) is 1. The summed E-state index contributed by atoms with van der Waals surface area (Å²) in [7, 11) is -2.94. The monoisotopic (exact) mass is 237 g/mol. The second-order valence-corrected chi connectivity index (χ2v) is 4.04. The van der Waals surface area contributed by atoms with Gasteiger partial charge in [0.25, 0.3) is 5.92 Å². The molecule has 1 aliphatic heterocycles. The summed E-state index contributed by atoms with van der Waals surface area (Å²) in [6.45, 7) is 0.391. The maximum atomic E-state index is 13.4. The van der Waals surface area contributed by atoms with E-state index in [0.29, 0.717) is 13.0 Å². The van der Waals surface area contributed by atoms with Crippen LogP contribution >= 0.6 is 0 Å². The second-order valence-electron chi connectivity index (χ2n) is 3.31.